The molecule has 2 saturated heterocycles. The maximum Gasteiger partial charge on any atom is 0.253 e. The standard InChI is InChI=1S/C32H39N7O/c1-21-14-26(15-22(2)30(21)39-12-10-36(3)11-13-39)29-16-27-28(17-33-31(27)35-34-29)24-6-8-25(9-7-24)32(40)38(5)20-23-18-37(4)19-23/h6-9,14-17,23H,10-13,18-20H2,1-5H3,(H,33,35). The molecular weight excluding hydrogens is 498 g/mol. The molecule has 0 bridgehead atoms. The lowest BCUT2D eigenvalue weighted by Gasteiger charge is -2.38. The fourth-order valence-corrected chi connectivity index (χ4v) is 6.36. The zero-order valence-electron chi connectivity index (χ0n) is 24.2. The first kappa shape index (κ1) is 26.5. The van der Waals surface area contributed by atoms with Gasteiger partial charge in [0.15, 0.2) is 5.65 Å². The normalized spacial score (nSPS) is 16.9. The van der Waals surface area contributed by atoms with Gasteiger partial charge in [0.25, 0.3) is 5.91 Å². The average molecular weight is 538 g/mol. The number of nitrogens with one attached hydrogen (secondary N) is 1. The summed E-state index contributed by atoms with van der Waals surface area (Å²) in [6, 6.07) is 14.5. The van der Waals surface area contributed by atoms with Gasteiger partial charge in [-0.05, 0) is 75.0 Å². The molecule has 2 fully saturated rings. The summed E-state index contributed by atoms with van der Waals surface area (Å²) in [6.45, 7) is 11.6. The molecule has 8 nitrogen and oxygen atoms in total. The van der Waals surface area contributed by atoms with Gasteiger partial charge < -0.3 is 24.6 Å². The number of piperazine rings is 1. The average Bonchev–Trinajstić information content (AvgIpc) is 3.36. The van der Waals surface area contributed by atoms with E-state index in [9.17, 15) is 4.79 Å². The molecular formula is C32H39N7O. The van der Waals surface area contributed by atoms with Gasteiger partial charge in [-0.25, -0.2) is 0 Å². The molecule has 4 aromatic rings. The van der Waals surface area contributed by atoms with E-state index < -0.39 is 0 Å². The van der Waals surface area contributed by atoms with Crippen LogP contribution in [-0.2, 0) is 0 Å². The van der Waals surface area contributed by atoms with Crippen LogP contribution in [0.1, 0.15) is 21.5 Å². The number of aromatic nitrogens is 3. The van der Waals surface area contributed by atoms with Crippen molar-refractivity contribution in [2.75, 3.05) is 71.9 Å². The predicted octanol–water partition coefficient (Wildman–Crippen LogP) is 4.29. The van der Waals surface area contributed by atoms with Gasteiger partial charge in [-0.3, -0.25) is 4.79 Å². The minimum Gasteiger partial charge on any atom is -0.369 e. The molecule has 0 atom stereocenters. The lowest BCUT2D eigenvalue weighted by molar-refractivity contribution is 0.0646. The number of anilines is 1. The highest BCUT2D eigenvalue weighted by Gasteiger charge is 2.26. The molecule has 0 radical (unpaired) electrons. The Kier molecular flexibility index (Phi) is 7.06. The van der Waals surface area contributed by atoms with E-state index >= 15 is 0 Å². The third-order valence-electron chi connectivity index (χ3n) is 8.50. The molecule has 208 valence electrons. The summed E-state index contributed by atoms with van der Waals surface area (Å²) in [7, 11) is 6.20. The van der Waals surface area contributed by atoms with E-state index in [1.54, 1.807) is 0 Å². The Bertz CT molecular complexity index is 1510. The molecule has 2 aromatic heterocycles. The van der Waals surface area contributed by atoms with Crippen LogP contribution in [0.3, 0.4) is 0 Å². The van der Waals surface area contributed by atoms with Crippen LogP contribution >= 0.6 is 0 Å². The first-order valence-electron chi connectivity index (χ1n) is 14.2. The van der Waals surface area contributed by atoms with Gasteiger partial charge in [-0.2, -0.15) is 0 Å². The number of carbonyl (C=O) groups excluding carboxylic acids is 1. The van der Waals surface area contributed by atoms with Crippen LogP contribution in [-0.4, -0.2) is 103 Å². The summed E-state index contributed by atoms with van der Waals surface area (Å²) in [6.07, 6.45) is 1.98. The van der Waals surface area contributed by atoms with Crippen LogP contribution in [0.25, 0.3) is 33.4 Å². The third-order valence-corrected chi connectivity index (χ3v) is 8.50. The number of hydrogen-bond donors (Lipinski definition) is 1. The number of hydrogen-bond acceptors (Lipinski definition) is 6. The fourth-order valence-electron chi connectivity index (χ4n) is 6.36. The zero-order chi connectivity index (χ0) is 28.0. The summed E-state index contributed by atoms with van der Waals surface area (Å²) >= 11 is 0. The van der Waals surface area contributed by atoms with Gasteiger partial charge in [-0.15, -0.1) is 10.2 Å². The summed E-state index contributed by atoms with van der Waals surface area (Å²) < 4.78 is 0. The Balaban J connectivity index is 1.24. The van der Waals surface area contributed by atoms with Gasteiger partial charge in [0.05, 0.1) is 5.69 Å². The van der Waals surface area contributed by atoms with Crippen molar-refractivity contribution in [3.63, 3.8) is 0 Å². The molecule has 1 amide bonds. The second-order valence-electron chi connectivity index (χ2n) is 11.8. The number of aromatic amines is 1. The fraction of sp³-hybridized carbons (Fsp3) is 0.406. The lowest BCUT2D eigenvalue weighted by atomic mass is 9.99. The molecule has 2 aromatic carbocycles. The number of H-pyrrole nitrogens is 1. The second kappa shape index (κ2) is 10.7. The van der Waals surface area contributed by atoms with Crippen LogP contribution in [0.5, 0.6) is 0 Å². The second-order valence-corrected chi connectivity index (χ2v) is 11.8. The highest BCUT2D eigenvalue weighted by Crippen LogP contribution is 2.34. The Hall–Kier alpha value is -3.75. The van der Waals surface area contributed by atoms with Gasteiger partial charge in [0, 0.05) is 92.7 Å². The highest BCUT2D eigenvalue weighted by atomic mass is 16.2. The van der Waals surface area contributed by atoms with Crippen molar-refractivity contribution in [3.05, 3.63) is 65.4 Å². The number of fused-ring (bicyclic) bond motifs is 1. The predicted molar refractivity (Wildman–Crippen MR) is 162 cm³/mol. The summed E-state index contributed by atoms with van der Waals surface area (Å²) in [5, 5.41) is 10.1. The van der Waals surface area contributed by atoms with E-state index in [4.69, 9.17) is 0 Å². The summed E-state index contributed by atoms with van der Waals surface area (Å²) in [4.78, 5) is 25.3. The summed E-state index contributed by atoms with van der Waals surface area (Å²) in [5.41, 5.74) is 9.39. The minimum absolute atomic E-state index is 0.0685. The highest BCUT2D eigenvalue weighted by molar-refractivity contribution is 5.97. The molecule has 2 aliphatic rings. The minimum atomic E-state index is 0.0685. The van der Waals surface area contributed by atoms with E-state index in [-0.39, 0.29) is 5.91 Å². The number of nitrogens with zero attached hydrogens (tertiary/aromatic N) is 6. The monoisotopic (exact) mass is 537 g/mol. The molecule has 0 aliphatic carbocycles. The molecule has 2 aliphatic heterocycles. The number of carbonyl (C=O) groups is 1. The van der Waals surface area contributed by atoms with Crippen LogP contribution in [0.2, 0.25) is 0 Å². The first-order chi connectivity index (χ1) is 19.3. The Morgan fingerprint density at radius 2 is 1.60 bits per heavy atom. The van der Waals surface area contributed by atoms with Crippen molar-refractivity contribution < 1.29 is 4.79 Å². The number of rotatable bonds is 6. The molecule has 4 heterocycles. The van der Waals surface area contributed by atoms with Crippen LogP contribution in [0.4, 0.5) is 5.69 Å². The van der Waals surface area contributed by atoms with Gasteiger partial charge in [0.2, 0.25) is 0 Å². The van der Waals surface area contributed by atoms with E-state index in [0.29, 0.717) is 11.5 Å². The van der Waals surface area contributed by atoms with Crippen LogP contribution < -0.4 is 4.90 Å². The van der Waals surface area contributed by atoms with Crippen molar-refractivity contribution in [3.8, 4) is 22.4 Å². The molecule has 6 rings (SSSR count). The molecule has 40 heavy (non-hydrogen) atoms. The molecule has 8 heteroatoms. The lowest BCUT2D eigenvalue weighted by Crippen LogP contribution is -2.49. The van der Waals surface area contributed by atoms with Gasteiger partial charge >= 0.3 is 0 Å². The van der Waals surface area contributed by atoms with Crippen molar-refractivity contribution in [2.45, 2.75) is 13.8 Å². The number of likely N-dealkylation sites (tertiary alicyclic amines) is 1. The topological polar surface area (TPSA) is 71.6 Å². The van der Waals surface area contributed by atoms with Gasteiger partial charge in [-0.1, -0.05) is 12.1 Å². The number of benzene rings is 2. The largest absolute Gasteiger partial charge is 0.369 e. The SMILES string of the molecule is Cc1cc(-c2cc3c(-c4ccc(C(=O)N(C)CC5CN(C)C5)cc4)c[nH]c3nn2)cc(C)c1N1CCN(C)CC1. The Morgan fingerprint density at radius 1 is 0.925 bits per heavy atom. The number of likely N-dealkylation sites (N-methyl/N-ethyl adjacent to an activating group) is 1. The molecule has 1 N–H and O–H groups in total. The zero-order valence-corrected chi connectivity index (χ0v) is 24.2. The van der Waals surface area contributed by atoms with Crippen LogP contribution in [0, 0.1) is 19.8 Å². The van der Waals surface area contributed by atoms with E-state index in [2.05, 4.69) is 76.0 Å². The molecule has 0 spiro atoms. The summed E-state index contributed by atoms with van der Waals surface area (Å²) in [5.74, 6) is 0.634. The number of amides is 1. The first-order valence-corrected chi connectivity index (χ1v) is 14.2. The van der Waals surface area contributed by atoms with Crippen molar-refractivity contribution in [1.82, 2.24) is 29.9 Å². The van der Waals surface area contributed by atoms with E-state index in [1.165, 1.54) is 16.8 Å². The van der Waals surface area contributed by atoms with Gasteiger partial charge in [0.1, 0.15) is 0 Å². The number of aryl methyl sites for hydroxylation is 2. The van der Waals surface area contributed by atoms with Crippen molar-refractivity contribution in [1.29, 1.82) is 0 Å². The quantitative estimate of drug-likeness (QED) is 0.396. The Labute approximate surface area is 236 Å². The third kappa shape index (κ3) is 5.09. The molecule has 0 unspecified atom stereocenters. The van der Waals surface area contributed by atoms with Crippen LogP contribution in [0.15, 0.2) is 48.7 Å². The smallest absolute Gasteiger partial charge is 0.253 e. The van der Waals surface area contributed by atoms with Crippen molar-refractivity contribution in [2.24, 2.45) is 5.92 Å². The van der Waals surface area contributed by atoms with Crippen molar-refractivity contribution >= 4 is 22.6 Å². The maximum atomic E-state index is 13.0. The van der Waals surface area contributed by atoms with E-state index in [1.807, 2.05) is 42.4 Å². The molecule has 0 saturated carbocycles. The maximum absolute atomic E-state index is 13.0. The van der Waals surface area contributed by atoms with E-state index in [0.717, 1.165) is 79.2 Å². The Morgan fingerprint density at radius 3 is 2.25 bits per heavy atom.